The van der Waals surface area contributed by atoms with Gasteiger partial charge >= 0.3 is 5.97 Å². The van der Waals surface area contributed by atoms with E-state index in [4.69, 9.17) is 5.11 Å². The molecule has 1 aliphatic carbocycles. The average molecular weight is 361 g/mol. The third kappa shape index (κ3) is 3.49. The summed E-state index contributed by atoms with van der Waals surface area (Å²) in [4.78, 5) is 21.3. The van der Waals surface area contributed by atoms with E-state index in [0.29, 0.717) is 0 Å². The molecule has 21 heavy (non-hydrogen) atoms. The van der Waals surface area contributed by atoms with E-state index in [1.165, 1.54) is 0 Å². The summed E-state index contributed by atoms with van der Waals surface area (Å²) in [6, 6.07) is 2.15. The highest BCUT2D eigenvalue weighted by Crippen LogP contribution is 2.44. The Bertz CT molecular complexity index is 590. The Balaban J connectivity index is 2.17. The zero-order chi connectivity index (χ0) is 15.6. The molecule has 1 aromatic rings. The van der Waals surface area contributed by atoms with Crippen molar-refractivity contribution in [2.24, 2.45) is 5.41 Å². The van der Waals surface area contributed by atoms with Gasteiger partial charge in [-0.1, -0.05) is 6.42 Å². The largest absolute Gasteiger partial charge is 0.481 e. The van der Waals surface area contributed by atoms with E-state index in [0.717, 1.165) is 31.4 Å². The highest BCUT2D eigenvalue weighted by Gasteiger charge is 2.39. The van der Waals surface area contributed by atoms with Crippen molar-refractivity contribution >= 4 is 33.3 Å². The van der Waals surface area contributed by atoms with Crippen LogP contribution in [-0.2, 0) is 4.79 Å². The van der Waals surface area contributed by atoms with Gasteiger partial charge in [-0.05, 0) is 34.2 Å². The second kappa shape index (κ2) is 5.97. The molecule has 0 unspecified atom stereocenters. The van der Waals surface area contributed by atoms with Crippen molar-refractivity contribution in [3.63, 3.8) is 0 Å². The van der Waals surface area contributed by atoms with Crippen LogP contribution in [0.15, 0.2) is 16.6 Å². The van der Waals surface area contributed by atoms with Crippen LogP contribution in [0.5, 0.6) is 0 Å². The maximum atomic E-state index is 13.5. The molecule has 1 aromatic carbocycles. The molecular weight excluding hydrogens is 347 g/mol. The van der Waals surface area contributed by atoms with E-state index in [2.05, 4.69) is 21.2 Å². The number of nitro benzene ring substituents is 1. The zero-order valence-electron chi connectivity index (χ0n) is 11.1. The molecule has 0 bridgehead atoms. The Morgan fingerprint density at radius 2 is 2.19 bits per heavy atom. The first-order valence-electron chi connectivity index (χ1n) is 6.42. The number of hydrogen-bond donors (Lipinski definition) is 2. The molecule has 1 saturated carbocycles. The monoisotopic (exact) mass is 360 g/mol. The molecule has 114 valence electrons. The van der Waals surface area contributed by atoms with E-state index < -0.39 is 22.1 Å². The minimum absolute atomic E-state index is 0.00675. The van der Waals surface area contributed by atoms with E-state index in [9.17, 15) is 19.3 Å². The van der Waals surface area contributed by atoms with E-state index in [1.807, 2.05) is 0 Å². The number of anilines is 1. The molecule has 0 saturated heterocycles. The Morgan fingerprint density at radius 1 is 1.52 bits per heavy atom. The van der Waals surface area contributed by atoms with Gasteiger partial charge in [0.1, 0.15) is 11.5 Å². The predicted octanol–water partition coefficient (Wildman–Crippen LogP) is 3.55. The first-order valence-corrected chi connectivity index (χ1v) is 7.21. The van der Waals surface area contributed by atoms with Gasteiger partial charge < -0.3 is 10.4 Å². The van der Waals surface area contributed by atoms with Crippen molar-refractivity contribution in [3.8, 4) is 0 Å². The second-order valence-electron chi connectivity index (χ2n) is 5.32. The van der Waals surface area contributed by atoms with Crippen LogP contribution in [0.1, 0.15) is 25.7 Å². The maximum absolute atomic E-state index is 13.5. The van der Waals surface area contributed by atoms with Gasteiger partial charge in [-0.25, -0.2) is 4.39 Å². The van der Waals surface area contributed by atoms with E-state index >= 15 is 0 Å². The van der Waals surface area contributed by atoms with Gasteiger partial charge in [0.05, 0.1) is 15.8 Å². The SMILES string of the molecule is O=C(O)CC1(CNc2cc(F)c(Br)cc2[N+](=O)[O-])CCC1. The van der Waals surface area contributed by atoms with Crippen LogP contribution in [-0.4, -0.2) is 22.5 Å². The summed E-state index contributed by atoms with van der Waals surface area (Å²) >= 11 is 2.91. The number of carboxylic acid groups (broad SMARTS) is 1. The highest BCUT2D eigenvalue weighted by atomic mass is 79.9. The Hall–Kier alpha value is -1.70. The molecule has 6 nitrogen and oxygen atoms in total. The topological polar surface area (TPSA) is 92.5 Å². The van der Waals surface area contributed by atoms with Crippen LogP contribution < -0.4 is 5.32 Å². The first kappa shape index (κ1) is 15.7. The lowest BCUT2D eigenvalue weighted by atomic mass is 9.66. The summed E-state index contributed by atoms with van der Waals surface area (Å²) < 4.78 is 13.6. The lowest BCUT2D eigenvalue weighted by molar-refractivity contribution is -0.384. The summed E-state index contributed by atoms with van der Waals surface area (Å²) in [5.74, 6) is -1.50. The fourth-order valence-corrected chi connectivity index (χ4v) is 2.86. The Morgan fingerprint density at radius 3 is 2.67 bits per heavy atom. The van der Waals surface area contributed by atoms with Crippen LogP contribution in [0.4, 0.5) is 15.8 Å². The van der Waals surface area contributed by atoms with Crippen molar-refractivity contribution < 1.29 is 19.2 Å². The second-order valence-corrected chi connectivity index (χ2v) is 6.17. The summed E-state index contributed by atoms with van der Waals surface area (Å²) in [5.41, 5.74) is -0.575. The number of hydrogen-bond acceptors (Lipinski definition) is 4. The van der Waals surface area contributed by atoms with Crippen LogP contribution in [0, 0.1) is 21.3 Å². The van der Waals surface area contributed by atoms with Crippen molar-refractivity contribution in [3.05, 3.63) is 32.5 Å². The van der Waals surface area contributed by atoms with Crippen LogP contribution >= 0.6 is 15.9 Å². The number of nitro groups is 1. The number of aliphatic carboxylic acids is 1. The van der Waals surface area contributed by atoms with Crippen molar-refractivity contribution in [2.75, 3.05) is 11.9 Å². The lowest BCUT2D eigenvalue weighted by Crippen LogP contribution is -2.38. The predicted molar refractivity (Wildman–Crippen MR) is 77.8 cm³/mol. The standard InChI is InChI=1S/C13H14BrFN2O4/c14-8-4-11(17(20)21)10(5-9(8)15)16-7-13(2-1-3-13)6-12(18)19/h4-5,16H,1-3,6-7H2,(H,18,19). The van der Waals surface area contributed by atoms with Gasteiger partial charge in [0.2, 0.25) is 0 Å². The molecule has 0 radical (unpaired) electrons. The van der Waals surface area contributed by atoms with Gasteiger partial charge in [0, 0.05) is 18.7 Å². The molecule has 2 rings (SSSR count). The van der Waals surface area contributed by atoms with Gasteiger partial charge in [-0.2, -0.15) is 0 Å². The highest BCUT2D eigenvalue weighted by molar-refractivity contribution is 9.10. The fraction of sp³-hybridized carbons (Fsp3) is 0.462. The first-order chi connectivity index (χ1) is 9.83. The summed E-state index contributed by atoms with van der Waals surface area (Å²) in [6.07, 6.45) is 2.44. The molecule has 0 spiro atoms. The molecule has 0 heterocycles. The molecular formula is C13H14BrFN2O4. The van der Waals surface area contributed by atoms with Crippen molar-refractivity contribution in [1.29, 1.82) is 0 Å². The third-order valence-corrected chi connectivity index (χ3v) is 4.44. The van der Waals surface area contributed by atoms with Crippen LogP contribution in [0.2, 0.25) is 0 Å². The van der Waals surface area contributed by atoms with Crippen molar-refractivity contribution in [1.82, 2.24) is 0 Å². The molecule has 0 amide bonds. The van der Waals surface area contributed by atoms with Gasteiger partial charge in [0.25, 0.3) is 5.69 Å². The Labute approximate surface area is 128 Å². The molecule has 2 N–H and O–H groups in total. The summed E-state index contributed by atoms with van der Waals surface area (Å²) in [6.45, 7) is 0.279. The summed E-state index contributed by atoms with van der Waals surface area (Å²) in [5, 5.41) is 22.8. The number of carbonyl (C=O) groups is 1. The average Bonchev–Trinajstić information content (AvgIpc) is 2.35. The molecule has 1 aliphatic rings. The van der Waals surface area contributed by atoms with Gasteiger partial charge in [-0.15, -0.1) is 0 Å². The quantitative estimate of drug-likeness (QED) is 0.597. The number of rotatable bonds is 6. The molecule has 0 aliphatic heterocycles. The fourth-order valence-electron chi connectivity index (χ4n) is 2.53. The number of nitrogens with zero attached hydrogens (tertiary/aromatic N) is 1. The smallest absolute Gasteiger partial charge is 0.303 e. The van der Waals surface area contributed by atoms with E-state index in [-0.39, 0.29) is 28.8 Å². The molecule has 0 aromatic heterocycles. The normalized spacial score (nSPS) is 16.1. The van der Waals surface area contributed by atoms with Crippen LogP contribution in [0.3, 0.4) is 0 Å². The van der Waals surface area contributed by atoms with Gasteiger partial charge in [-0.3, -0.25) is 14.9 Å². The minimum atomic E-state index is -0.895. The van der Waals surface area contributed by atoms with Crippen molar-refractivity contribution in [2.45, 2.75) is 25.7 Å². The number of halogens is 2. The molecule has 0 atom stereocenters. The minimum Gasteiger partial charge on any atom is -0.481 e. The number of carboxylic acids is 1. The zero-order valence-corrected chi connectivity index (χ0v) is 12.7. The maximum Gasteiger partial charge on any atom is 0.303 e. The third-order valence-electron chi connectivity index (χ3n) is 3.83. The molecule has 8 heteroatoms. The molecule has 1 fully saturated rings. The summed E-state index contributed by atoms with van der Waals surface area (Å²) in [7, 11) is 0. The number of nitrogens with one attached hydrogen (secondary N) is 1. The van der Waals surface area contributed by atoms with Gasteiger partial charge in [0.15, 0.2) is 0 Å². The van der Waals surface area contributed by atoms with E-state index in [1.54, 1.807) is 0 Å². The Kier molecular flexibility index (Phi) is 4.46. The lowest BCUT2D eigenvalue weighted by Gasteiger charge is -2.41. The van der Waals surface area contributed by atoms with Crippen LogP contribution in [0.25, 0.3) is 0 Å². The number of benzene rings is 1.